The van der Waals surface area contributed by atoms with Crippen LogP contribution in [0.3, 0.4) is 0 Å². The van der Waals surface area contributed by atoms with Crippen molar-refractivity contribution in [3.63, 3.8) is 0 Å². The van der Waals surface area contributed by atoms with Crippen molar-refractivity contribution in [3.05, 3.63) is 12.2 Å². The number of nitrogens with zero attached hydrogens (tertiary/aromatic N) is 4. The number of likely N-dealkylation sites (tertiary alicyclic amines) is 1. The fourth-order valence-corrected chi connectivity index (χ4v) is 2.63. The fourth-order valence-electron chi connectivity index (χ4n) is 2.28. The summed E-state index contributed by atoms with van der Waals surface area (Å²) in [4.78, 5) is 6.75. The van der Waals surface area contributed by atoms with E-state index in [0.717, 1.165) is 24.8 Å². The molecule has 1 atom stereocenters. The lowest BCUT2D eigenvalue weighted by Gasteiger charge is -2.22. The molecule has 1 fully saturated rings. The van der Waals surface area contributed by atoms with Crippen LogP contribution in [0.4, 0.5) is 0 Å². The first-order chi connectivity index (χ1) is 7.72. The topological polar surface area (TPSA) is 34.0 Å². The van der Waals surface area contributed by atoms with E-state index in [2.05, 4.69) is 28.8 Å². The summed E-state index contributed by atoms with van der Waals surface area (Å²) in [5.74, 6) is 1.77. The Hall–Kier alpha value is -0.610. The van der Waals surface area contributed by atoms with Gasteiger partial charge in [-0.25, -0.2) is 9.67 Å². The Balaban J connectivity index is 2.05. The molecular formula is C11H19ClN4. The zero-order valence-electron chi connectivity index (χ0n) is 9.93. The van der Waals surface area contributed by atoms with Gasteiger partial charge >= 0.3 is 0 Å². The highest BCUT2D eigenvalue weighted by atomic mass is 35.5. The molecule has 0 saturated carbocycles. The van der Waals surface area contributed by atoms with Gasteiger partial charge in [-0.3, -0.25) is 4.90 Å². The highest BCUT2D eigenvalue weighted by Crippen LogP contribution is 2.20. The summed E-state index contributed by atoms with van der Waals surface area (Å²) in [5.41, 5.74) is 0. The van der Waals surface area contributed by atoms with Crippen molar-refractivity contribution < 1.29 is 0 Å². The lowest BCUT2D eigenvalue weighted by molar-refractivity contribution is 0.248. The minimum absolute atomic E-state index is 0.370. The molecule has 5 heteroatoms. The second-order valence-electron chi connectivity index (χ2n) is 4.64. The molecule has 0 radical (unpaired) electrons. The maximum atomic E-state index is 5.96. The summed E-state index contributed by atoms with van der Waals surface area (Å²) >= 11 is 5.96. The Labute approximate surface area is 102 Å². The van der Waals surface area contributed by atoms with Crippen LogP contribution in [0.25, 0.3) is 0 Å². The average molecular weight is 243 g/mol. The quantitative estimate of drug-likeness (QED) is 0.758. The van der Waals surface area contributed by atoms with E-state index in [1.807, 2.05) is 4.68 Å². The Bertz CT molecular complexity index is 336. The third-order valence-electron chi connectivity index (χ3n) is 3.16. The normalized spacial score (nSPS) is 22.1. The van der Waals surface area contributed by atoms with E-state index in [1.165, 1.54) is 12.8 Å². The zero-order valence-corrected chi connectivity index (χ0v) is 10.7. The molecule has 16 heavy (non-hydrogen) atoms. The van der Waals surface area contributed by atoms with Gasteiger partial charge in [0.1, 0.15) is 12.2 Å². The van der Waals surface area contributed by atoms with Crippen LogP contribution in [-0.2, 0) is 6.54 Å². The van der Waals surface area contributed by atoms with Gasteiger partial charge in [-0.2, -0.15) is 5.10 Å². The average Bonchev–Trinajstić information content (AvgIpc) is 2.86. The SMILES string of the molecule is CC(C)n1ncnc1CN1CCCC1CCl. The molecule has 1 aromatic heterocycles. The molecule has 1 aliphatic heterocycles. The third kappa shape index (κ3) is 2.38. The highest BCUT2D eigenvalue weighted by molar-refractivity contribution is 6.18. The minimum atomic E-state index is 0.370. The monoisotopic (exact) mass is 242 g/mol. The van der Waals surface area contributed by atoms with Gasteiger partial charge < -0.3 is 0 Å². The smallest absolute Gasteiger partial charge is 0.141 e. The maximum absolute atomic E-state index is 5.96. The zero-order chi connectivity index (χ0) is 11.5. The summed E-state index contributed by atoms with van der Waals surface area (Å²) in [6.45, 7) is 6.25. The van der Waals surface area contributed by atoms with Crippen molar-refractivity contribution >= 4 is 11.6 Å². The van der Waals surface area contributed by atoms with Crippen molar-refractivity contribution in [1.82, 2.24) is 19.7 Å². The van der Waals surface area contributed by atoms with Gasteiger partial charge in [0, 0.05) is 18.0 Å². The molecule has 0 N–H and O–H groups in total. The van der Waals surface area contributed by atoms with Gasteiger partial charge in [0.25, 0.3) is 0 Å². The molecule has 1 saturated heterocycles. The Morgan fingerprint density at radius 1 is 1.56 bits per heavy atom. The van der Waals surface area contributed by atoms with Crippen LogP contribution in [0.15, 0.2) is 6.33 Å². The largest absolute Gasteiger partial charge is 0.292 e. The van der Waals surface area contributed by atoms with Crippen LogP contribution < -0.4 is 0 Å². The molecule has 0 amide bonds. The van der Waals surface area contributed by atoms with Crippen molar-refractivity contribution in [3.8, 4) is 0 Å². The third-order valence-corrected chi connectivity index (χ3v) is 3.51. The van der Waals surface area contributed by atoms with Gasteiger partial charge in [-0.15, -0.1) is 11.6 Å². The van der Waals surface area contributed by atoms with E-state index in [4.69, 9.17) is 11.6 Å². The minimum Gasteiger partial charge on any atom is -0.292 e. The Morgan fingerprint density at radius 2 is 2.38 bits per heavy atom. The van der Waals surface area contributed by atoms with Gasteiger partial charge in [0.2, 0.25) is 0 Å². The first kappa shape index (κ1) is 11.9. The number of hydrogen-bond acceptors (Lipinski definition) is 3. The summed E-state index contributed by atoms with van der Waals surface area (Å²) in [6.07, 6.45) is 4.09. The molecule has 4 nitrogen and oxygen atoms in total. The van der Waals surface area contributed by atoms with Gasteiger partial charge in [0.15, 0.2) is 0 Å². The number of halogens is 1. The van der Waals surface area contributed by atoms with Gasteiger partial charge in [-0.1, -0.05) is 0 Å². The number of hydrogen-bond donors (Lipinski definition) is 0. The van der Waals surface area contributed by atoms with E-state index < -0.39 is 0 Å². The van der Waals surface area contributed by atoms with Gasteiger partial charge in [-0.05, 0) is 33.2 Å². The molecule has 1 aromatic rings. The Kier molecular flexibility index (Phi) is 3.82. The van der Waals surface area contributed by atoms with Crippen LogP contribution in [0.5, 0.6) is 0 Å². The van der Waals surface area contributed by atoms with Crippen molar-refractivity contribution in [1.29, 1.82) is 0 Å². The predicted octanol–water partition coefficient (Wildman–Crippen LogP) is 2.06. The number of rotatable bonds is 4. The molecule has 0 spiro atoms. The van der Waals surface area contributed by atoms with Crippen LogP contribution in [-0.4, -0.2) is 38.1 Å². The van der Waals surface area contributed by atoms with Crippen molar-refractivity contribution in [2.45, 2.75) is 45.3 Å². The second-order valence-corrected chi connectivity index (χ2v) is 4.94. The maximum Gasteiger partial charge on any atom is 0.141 e. The molecule has 2 heterocycles. The Morgan fingerprint density at radius 3 is 3.06 bits per heavy atom. The van der Waals surface area contributed by atoms with Crippen molar-refractivity contribution in [2.75, 3.05) is 12.4 Å². The van der Waals surface area contributed by atoms with E-state index in [-0.39, 0.29) is 0 Å². The molecule has 1 aliphatic rings. The molecule has 0 aliphatic carbocycles. The molecule has 0 aromatic carbocycles. The van der Waals surface area contributed by atoms with Crippen LogP contribution >= 0.6 is 11.6 Å². The van der Waals surface area contributed by atoms with E-state index in [1.54, 1.807) is 6.33 Å². The predicted molar refractivity (Wildman–Crippen MR) is 64.6 cm³/mol. The molecule has 1 unspecified atom stereocenters. The van der Waals surface area contributed by atoms with E-state index >= 15 is 0 Å². The van der Waals surface area contributed by atoms with E-state index in [0.29, 0.717) is 12.1 Å². The van der Waals surface area contributed by atoms with Crippen LogP contribution in [0, 0.1) is 0 Å². The fraction of sp³-hybridized carbons (Fsp3) is 0.818. The first-order valence-electron chi connectivity index (χ1n) is 5.90. The van der Waals surface area contributed by atoms with Crippen LogP contribution in [0.1, 0.15) is 38.6 Å². The van der Waals surface area contributed by atoms with E-state index in [9.17, 15) is 0 Å². The highest BCUT2D eigenvalue weighted by Gasteiger charge is 2.25. The standard InChI is InChI=1S/C11H19ClN4/c1-9(2)16-11(13-8-14-16)7-15-5-3-4-10(15)6-12/h8-10H,3-7H2,1-2H3. The summed E-state index contributed by atoms with van der Waals surface area (Å²) in [5, 5.41) is 4.25. The first-order valence-corrected chi connectivity index (χ1v) is 6.44. The van der Waals surface area contributed by atoms with Crippen molar-refractivity contribution in [2.24, 2.45) is 0 Å². The number of aromatic nitrogens is 3. The van der Waals surface area contributed by atoms with Gasteiger partial charge in [0.05, 0.1) is 6.54 Å². The molecule has 2 rings (SSSR count). The molecule has 0 bridgehead atoms. The molecular weight excluding hydrogens is 224 g/mol. The summed E-state index contributed by atoms with van der Waals surface area (Å²) in [7, 11) is 0. The number of alkyl halides is 1. The molecule has 90 valence electrons. The lowest BCUT2D eigenvalue weighted by atomic mass is 10.2. The van der Waals surface area contributed by atoms with Crippen LogP contribution in [0.2, 0.25) is 0 Å². The lowest BCUT2D eigenvalue weighted by Crippen LogP contribution is -2.31. The summed E-state index contributed by atoms with van der Waals surface area (Å²) < 4.78 is 1.99. The second kappa shape index (κ2) is 5.15. The summed E-state index contributed by atoms with van der Waals surface area (Å²) in [6, 6.07) is 0.883.